The summed E-state index contributed by atoms with van der Waals surface area (Å²) in [6, 6.07) is 4.10. The highest BCUT2D eigenvalue weighted by Gasteiger charge is 2.28. The van der Waals surface area contributed by atoms with Gasteiger partial charge in [0, 0.05) is 5.54 Å². The number of hydrogen-bond acceptors (Lipinski definition) is 1. The fourth-order valence-corrected chi connectivity index (χ4v) is 2.84. The Hall–Kier alpha value is -0.960. The summed E-state index contributed by atoms with van der Waals surface area (Å²) in [5.74, 6) is -0.849. The lowest BCUT2D eigenvalue weighted by Gasteiger charge is -2.28. The molecular formula is C15H21F2N. The van der Waals surface area contributed by atoms with Gasteiger partial charge in [0.2, 0.25) is 0 Å². The summed E-state index contributed by atoms with van der Waals surface area (Å²) in [4.78, 5) is 0. The number of hydrogen-bond donors (Lipinski definition) is 1. The monoisotopic (exact) mass is 253 g/mol. The Kier molecular flexibility index (Phi) is 4.00. The maximum Gasteiger partial charge on any atom is 0.159 e. The quantitative estimate of drug-likeness (QED) is 0.797. The normalized spacial score (nSPS) is 29.0. The number of halogens is 2. The van der Waals surface area contributed by atoms with Crippen LogP contribution in [0.25, 0.3) is 0 Å². The second kappa shape index (κ2) is 5.35. The molecule has 0 bridgehead atoms. The van der Waals surface area contributed by atoms with Gasteiger partial charge in [-0.3, -0.25) is 0 Å². The van der Waals surface area contributed by atoms with Crippen LogP contribution in [0.15, 0.2) is 18.2 Å². The van der Waals surface area contributed by atoms with E-state index in [0.29, 0.717) is 6.42 Å². The van der Waals surface area contributed by atoms with Crippen LogP contribution in [0.5, 0.6) is 0 Å². The van der Waals surface area contributed by atoms with Crippen molar-refractivity contribution >= 4 is 0 Å². The van der Waals surface area contributed by atoms with E-state index >= 15 is 0 Å². The van der Waals surface area contributed by atoms with Crippen LogP contribution < -0.4 is 5.73 Å². The summed E-state index contributed by atoms with van der Waals surface area (Å²) in [6.45, 7) is 2.25. The molecule has 0 spiro atoms. The van der Waals surface area contributed by atoms with Crippen molar-refractivity contribution in [3.8, 4) is 0 Å². The van der Waals surface area contributed by atoms with Crippen LogP contribution >= 0.6 is 0 Å². The molecule has 0 saturated heterocycles. The van der Waals surface area contributed by atoms with Gasteiger partial charge in [0.05, 0.1) is 0 Å². The van der Waals surface area contributed by atoms with E-state index in [4.69, 9.17) is 5.73 Å². The first kappa shape index (κ1) is 13.5. The second-order valence-corrected chi connectivity index (χ2v) is 5.82. The summed E-state index contributed by atoms with van der Waals surface area (Å²) in [5.41, 5.74) is 6.97. The molecule has 0 aromatic heterocycles. The van der Waals surface area contributed by atoms with Gasteiger partial charge in [0.15, 0.2) is 11.6 Å². The molecule has 0 heterocycles. The smallest absolute Gasteiger partial charge is 0.159 e. The van der Waals surface area contributed by atoms with Crippen LogP contribution in [0.3, 0.4) is 0 Å². The summed E-state index contributed by atoms with van der Waals surface area (Å²) in [6.07, 6.45) is 6.04. The number of benzene rings is 1. The van der Waals surface area contributed by atoms with Crippen molar-refractivity contribution in [2.75, 3.05) is 0 Å². The van der Waals surface area contributed by atoms with E-state index in [2.05, 4.69) is 6.92 Å². The van der Waals surface area contributed by atoms with Crippen molar-refractivity contribution in [3.63, 3.8) is 0 Å². The van der Waals surface area contributed by atoms with Crippen molar-refractivity contribution < 1.29 is 8.78 Å². The van der Waals surface area contributed by atoms with Gasteiger partial charge < -0.3 is 5.73 Å². The van der Waals surface area contributed by atoms with Crippen LogP contribution in [-0.2, 0) is 6.42 Å². The molecule has 2 atom stereocenters. The third kappa shape index (κ3) is 3.29. The van der Waals surface area contributed by atoms with Crippen LogP contribution in [0, 0.1) is 17.6 Å². The van der Waals surface area contributed by atoms with Gasteiger partial charge >= 0.3 is 0 Å². The number of nitrogens with two attached hydrogens (primary N) is 1. The lowest BCUT2D eigenvalue weighted by Crippen LogP contribution is -2.41. The molecule has 1 nitrogen and oxygen atoms in total. The van der Waals surface area contributed by atoms with E-state index < -0.39 is 11.6 Å². The molecule has 1 aliphatic rings. The zero-order chi connectivity index (χ0) is 13.2. The first-order valence-corrected chi connectivity index (χ1v) is 6.71. The Morgan fingerprint density at radius 1 is 1.22 bits per heavy atom. The zero-order valence-corrected chi connectivity index (χ0v) is 10.9. The Morgan fingerprint density at radius 2 is 2.00 bits per heavy atom. The Morgan fingerprint density at radius 3 is 2.72 bits per heavy atom. The highest BCUT2D eigenvalue weighted by molar-refractivity contribution is 5.20. The van der Waals surface area contributed by atoms with Crippen LogP contribution in [0.1, 0.15) is 44.6 Å². The minimum absolute atomic E-state index is 0.255. The molecule has 1 fully saturated rings. The Labute approximate surface area is 107 Å². The lowest BCUT2D eigenvalue weighted by molar-refractivity contribution is 0.362. The van der Waals surface area contributed by atoms with Crippen molar-refractivity contribution in [1.29, 1.82) is 0 Å². The molecule has 0 aliphatic heterocycles. The van der Waals surface area contributed by atoms with E-state index in [0.717, 1.165) is 37.2 Å². The largest absolute Gasteiger partial charge is 0.325 e. The molecule has 3 heteroatoms. The van der Waals surface area contributed by atoms with Gasteiger partial charge in [-0.2, -0.15) is 0 Å². The number of rotatable bonds is 2. The van der Waals surface area contributed by atoms with Crippen molar-refractivity contribution in [3.05, 3.63) is 35.4 Å². The predicted octanol–water partition coefficient (Wildman–Crippen LogP) is 3.81. The van der Waals surface area contributed by atoms with Crippen LogP contribution in [0.2, 0.25) is 0 Å². The topological polar surface area (TPSA) is 26.0 Å². The van der Waals surface area contributed by atoms with Gasteiger partial charge in [0.25, 0.3) is 0 Å². The third-order valence-electron chi connectivity index (χ3n) is 4.05. The Balaban J connectivity index is 2.09. The molecule has 1 saturated carbocycles. The summed E-state index contributed by atoms with van der Waals surface area (Å²) in [7, 11) is 0. The molecule has 2 rings (SSSR count). The standard InChI is InChI=1S/C15H21F2N/c1-11-3-2-7-15(18,8-6-11)10-12-4-5-13(16)14(17)9-12/h4-5,9,11H,2-3,6-8,10,18H2,1H3. The summed E-state index contributed by atoms with van der Waals surface area (Å²) >= 11 is 0. The lowest BCUT2D eigenvalue weighted by atomic mass is 9.84. The fraction of sp³-hybridized carbons (Fsp3) is 0.600. The van der Waals surface area contributed by atoms with E-state index in [-0.39, 0.29) is 5.54 Å². The maximum absolute atomic E-state index is 13.2. The van der Waals surface area contributed by atoms with E-state index in [1.807, 2.05) is 0 Å². The molecular weight excluding hydrogens is 232 g/mol. The maximum atomic E-state index is 13.2. The van der Waals surface area contributed by atoms with Gasteiger partial charge in [0.1, 0.15) is 0 Å². The molecule has 1 aromatic rings. The molecule has 2 N–H and O–H groups in total. The average Bonchev–Trinajstić information content (AvgIpc) is 2.47. The summed E-state index contributed by atoms with van der Waals surface area (Å²) in [5, 5.41) is 0. The SMILES string of the molecule is CC1CCCC(N)(Cc2ccc(F)c(F)c2)CC1. The highest BCUT2D eigenvalue weighted by atomic mass is 19.2. The molecule has 1 aliphatic carbocycles. The highest BCUT2D eigenvalue weighted by Crippen LogP contribution is 2.31. The van der Waals surface area contributed by atoms with Gasteiger partial charge in [-0.25, -0.2) is 8.78 Å². The van der Waals surface area contributed by atoms with Crippen LogP contribution in [0.4, 0.5) is 8.78 Å². The van der Waals surface area contributed by atoms with Gasteiger partial charge in [-0.1, -0.05) is 25.8 Å². The van der Waals surface area contributed by atoms with Gasteiger partial charge in [-0.05, 0) is 49.3 Å². The molecule has 18 heavy (non-hydrogen) atoms. The van der Waals surface area contributed by atoms with Gasteiger partial charge in [-0.15, -0.1) is 0 Å². The predicted molar refractivity (Wildman–Crippen MR) is 69.2 cm³/mol. The molecule has 2 unspecified atom stereocenters. The summed E-state index contributed by atoms with van der Waals surface area (Å²) < 4.78 is 26.1. The first-order valence-electron chi connectivity index (χ1n) is 6.71. The minimum Gasteiger partial charge on any atom is -0.325 e. The molecule has 0 radical (unpaired) electrons. The zero-order valence-electron chi connectivity index (χ0n) is 10.9. The first-order chi connectivity index (χ1) is 8.48. The fourth-order valence-electron chi connectivity index (χ4n) is 2.84. The molecule has 100 valence electrons. The van der Waals surface area contributed by atoms with E-state index in [9.17, 15) is 8.78 Å². The van der Waals surface area contributed by atoms with Crippen molar-refractivity contribution in [1.82, 2.24) is 0 Å². The van der Waals surface area contributed by atoms with Crippen molar-refractivity contribution in [2.45, 2.75) is 51.0 Å². The minimum atomic E-state index is -0.792. The second-order valence-electron chi connectivity index (χ2n) is 5.82. The van der Waals surface area contributed by atoms with E-state index in [1.165, 1.54) is 18.6 Å². The van der Waals surface area contributed by atoms with E-state index in [1.54, 1.807) is 6.07 Å². The molecule has 1 aromatic carbocycles. The third-order valence-corrected chi connectivity index (χ3v) is 4.05. The Bertz CT molecular complexity index is 419. The van der Waals surface area contributed by atoms with Crippen LogP contribution in [-0.4, -0.2) is 5.54 Å². The average molecular weight is 253 g/mol. The molecule has 0 amide bonds. The van der Waals surface area contributed by atoms with Crippen molar-refractivity contribution in [2.24, 2.45) is 11.7 Å².